The van der Waals surface area contributed by atoms with Crippen molar-refractivity contribution in [3.05, 3.63) is 71.6 Å². The molecule has 2 heterocycles. The van der Waals surface area contributed by atoms with Crippen molar-refractivity contribution in [2.45, 2.75) is 13.8 Å². The summed E-state index contributed by atoms with van der Waals surface area (Å²) in [4.78, 5) is 7.66. The first-order chi connectivity index (χ1) is 13.1. The van der Waals surface area contributed by atoms with Crippen LogP contribution in [-0.4, -0.2) is 15.1 Å². The third-order valence-corrected chi connectivity index (χ3v) is 4.50. The zero-order chi connectivity index (χ0) is 19.0. The van der Waals surface area contributed by atoms with Crippen LogP contribution in [0.2, 0.25) is 0 Å². The first-order valence-corrected chi connectivity index (χ1v) is 8.41. The van der Waals surface area contributed by atoms with Gasteiger partial charge in [-0.25, -0.2) is 4.98 Å². The summed E-state index contributed by atoms with van der Waals surface area (Å²) in [6.45, 7) is 8.11. The molecule has 0 aliphatic rings. The molecular weight excluding hydrogens is 340 g/mol. The molecule has 0 atom stereocenters. The second-order valence-corrected chi connectivity index (χ2v) is 6.24. The number of H-pyrrole nitrogens is 1. The first kappa shape index (κ1) is 16.7. The predicted octanol–water partition coefficient (Wildman–Crippen LogP) is 4.85. The van der Waals surface area contributed by atoms with E-state index >= 15 is 0 Å². The molecule has 0 fully saturated rings. The maximum Gasteiger partial charge on any atom is 0.249 e. The third kappa shape index (κ3) is 2.89. The van der Waals surface area contributed by atoms with Crippen molar-refractivity contribution in [1.29, 1.82) is 0 Å². The van der Waals surface area contributed by atoms with Gasteiger partial charge in [0.1, 0.15) is 5.76 Å². The Morgan fingerprint density at radius 3 is 2.63 bits per heavy atom. The standard InChI is InChI=1S/C20H18N6O/c1-11(14-7-5-4-6-8-14)16-9-15(18-12(2)25-27-13(18)3)10-17-19(16)23-20(22-17)24-26-21/h4-10H,1H2,2-3H3,(H3,21,22,23,24). The number of hydrogen-bond acceptors (Lipinski definition) is 5. The lowest BCUT2D eigenvalue weighted by atomic mass is 9.94. The third-order valence-electron chi connectivity index (χ3n) is 4.50. The SMILES string of the molecule is C=C(c1ccccc1)c1cc(-c2c(C)noc2C)cc2[nH]c(N=NN)nc12. The molecule has 134 valence electrons. The quantitative estimate of drug-likeness (QED) is 0.309. The van der Waals surface area contributed by atoms with E-state index in [9.17, 15) is 0 Å². The van der Waals surface area contributed by atoms with E-state index in [-0.39, 0.29) is 0 Å². The molecule has 4 aromatic rings. The van der Waals surface area contributed by atoms with Crippen LogP contribution in [0.25, 0.3) is 27.7 Å². The van der Waals surface area contributed by atoms with Gasteiger partial charge in [0.2, 0.25) is 5.95 Å². The molecule has 2 aromatic heterocycles. The van der Waals surface area contributed by atoms with Gasteiger partial charge in [-0.2, -0.15) is 0 Å². The van der Waals surface area contributed by atoms with E-state index in [2.05, 4.69) is 38.1 Å². The fourth-order valence-corrected chi connectivity index (χ4v) is 3.27. The highest BCUT2D eigenvalue weighted by molar-refractivity contribution is 5.97. The average molecular weight is 358 g/mol. The molecule has 0 saturated heterocycles. The zero-order valence-electron chi connectivity index (χ0n) is 15.0. The van der Waals surface area contributed by atoms with Crippen molar-refractivity contribution in [3.63, 3.8) is 0 Å². The minimum absolute atomic E-state index is 0.338. The van der Waals surface area contributed by atoms with Crippen molar-refractivity contribution < 1.29 is 4.52 Å². The molecule has 0 aliphatic heterocycles. The lowest BCUT2D eigenvalue weighted by molar-refractivity contribution is 0.393. The van der Waals surface area contributed by atoms with E-state index in [1.54, 1.807) is 0 Å². The summed E-state index contributed by atoms with van der Waals surface area (Å²) in [6.07, 6.45) is 0. The second kappa shape index (κ2) is 6.53. The first-order valence-electron chi connectivity index (χ1n) is 8.41. The Morgan fingerprint density at radius 2 is 1.96 bits per heavy atom. The number of fused-ring (bicyclic) bond motifs is 1. The number of nitrogens with zero attached hydrogens (tertiary/aromatic N) is 4. The van der Waals surface area contributed by atoms with Gasteiger partial charge < -0.3 is 15.3 Å². The van der Waals surface area contributed by atoms with E-state index < -0.39 is 0 Å². The molecule has 0 radical (unpaired) electrons. The molecule has 0 aliphatic carbocycles. The number of aromatic nitrogens is 3. The molecule has 0 amide bonds. The van der Waals surface area contributed by atoms with Crippen molar-refractivity contribution >= 4 is 22.6 Å². The van der Waals surface area contributed by atoms with Crippen molar-refractivity contribution in [3.8, 4) is 11.1 Å². The van der Waals surface area contributed by atoms with Crippen molar-refractivity contribution in [1.82, 2.24) is 15.1 Å². The Balaban J connectivity index is 1.99. The van der Waals surface area contributed by atoms with Gasteiger partial charge in [0.15, 0.2) is 0 Å². The number of nitrogens with one attached hydrogen (secondary N) is 1. The monoisotopic (exact) mass is 358 g/mol. The van der Waals surface area contributed by atoms with Crippen molar-refractivity contribution in [2.75, 3.05) is 0 Å². The Hall–Kier alpha value is -3.74. The Labute approximate surface area is 155 Å². The highest BCUT2D eigenvalue weighted by atomic mass is 16.5. The van der Waals surface area contributed by atoms with Crippen LogP contribution >= 0.6 is 0 Å². The van der Waals surface area contributed by atoms with Gasteiger partial charge in [-0.15, -0.1) is 0 Å². The van der Waals surface area contributed by atoms with E-state index in [1.807, 2.05) is 50.2 Å². The molecule has 3 N–H and O–H groups in total. The smallest absolute Gasteiger partial charge is 0.249 e. The normalized spacial score (nSPS) is 11.5. The van der Waals surface area contributed by atoms with Gasteiger partial charge >= 0.3 is 0 Å². The average Bonchev–Trinajstić information content (AvgIpc) is 3.23. The van der Waals surface area contributed by atoms with Gasteiger partial charge in [0.25, 0.3) is 0 Å². The van der Waals surface area contributed by atoms with Crippen LogP contribution in [0, 0.1) is 13.8 Å². The van der Waals surface area contributed by atoms with E-state index in [4.69, 9.17) is 10.4 Å². The van der Waals surface area contributed by atoms with Gasteiger partial charge in [0.05, 0.1) is 16.7 Å². The van der Waals surface area contributed by atoms with Crippen LogP contribution in [0.5, 0.6) is 0 Å². The fourth-order valence-electron chi connectivity index (χ4n) is 3.27. The topological polar surface area (TPSA) is 105 Å². The summed E-state index contributed by atoms with van der Waals surface area (Å²) < 4.78 is 5.34. The minimum Gasteiger partial charge on any atom is -0.361 e. The highest BCUT2D eigenvalue weighted by Crippen LogP contribution is 2.36. The van der Waals surface area contributed by atoms with Crippen LogP contribution < -0.4 is 5.84 Å². The molecule has 0 unspecified atom stereocenters. The van der Waals surface area contributed by atoms with Crippen molar-refractivity contribution in [2.24, 2.45) is 16.2 Å². The Kier molecular flexibility index (Phi) is 4.04. The largest absolute Gasteiger partial charge is 0.361 e. The molecule has 4 rings (SSSR count). The molecule has 7 nitrogen and oxygen atoms in total. The predicted molar refractivity (Wildman–Crippen MR) is 104 cm³/mol. The fraction of sp³-hybridized carbons (Fsp3) is 0.100. The highest BCUT2D eigenvalue weighted by Gasteiger charge is 2.18. The number of nitrogens with two attached hydrogens (primary N) is 1. The zero-order valence-corrected chi connectivity index (χ0v) is 15.0. The molecule has 2 aromatic carbocycles. The molecule has 27 heavy (non-hydrogen) atoms. The summed E-state index contributed by atoms with van der Waals surface area (Å²) in [5.74, 6) is 6.27. The van der Waals surface area contributed by atoms with Gasteiger partial charge in [-0.05, 0) is 42.7 Å². The maximum atomic E-state index is 5.34. The van der Waals surface area contributed by atoms with Gasteiger partial charge in [-0.1, -0.05) is 52.4 Å². The van der Waals surface area contributed by atoms with Gasteiger partial charge in [0, 0.05) is 11.1 Å². The maximum absolute atomic E-state index is 5.34. The van der Waals surface area contributed by atoms with Gasteiger partial charge in [-0.3, -0.25) is 0 Å². The number of rotatable bonds is 4. The van der Waals surface area contributed by atoms with Crippen LogP contribution in [-0.2, 0) is 0 Å². The van der Waals surface area contributed by atoms with Crippen LogP contribution in [0.4, 0.5) is 5.95 Å². The summed E-state index contributed by atoms with van der Waals surface area (Å²) in [5.41, 5.74) is 7.06. The summed E-state index contributed by atoms with van der Waals surface area (Å²) in [6, 6.07) is 14.0. The van der Waals surface area contributed by atoms with E-state index in [0.29, 0.717) is 5.95 Å². The van der Waals surface area contributed by atoms with Crippen LogP contribution in [0.15, 0.2) is 63.9 Å². The second-order valence-electron chi connectivity index (χ2n) is 6.24. The lowest BCUT2D eigenvalue weighted by Crippen LogP contribution is -1.91. The number of benzene rings is 2. The number of hydrogen-bond donors (Lipinski definition) is 2. The minimum atomic E-state index is 0.338. The Bertz CT molecular complexity index is 1150. The van der Waals surface area contributed by atoms with Crippen LogP contribution in [0.3, 0.4) is 0 Å². The molecule has 7 heteroatoms. The molecular formula is C20H18N6O. The molecule has 0 spiro atoms. The molecule has 0 saturated carbocycles. The number of aryl methyl sites for hydroxylation is 2. The lowest BCUT2D eigenvalue weighted by Gasteiger charge is -2.10. The summed E-state index contributed by atoms with van der Waals surface area (Å²) in [7, 11) is 0. The Morgan fingerprint density at radius 1 is 1.19 bits per heavy atom. The summed E-state index contributed by atoms with van der Waals surface area (Å²) >= 11 is 0. The molecule has 0 bridgehead atoms. The van der Waals surface area contributed by atoms with E-state index in [0.717, 1.165) is 50.3 Å². The van der Waals surface area contributed by atoms with E-state index in [1.165, 1.54) is 0 Å². The number of imidazole rings is 1. The van der Waals surface area contributed by atoms with Crippen LogP contribution in [0.1, 0.15) is 22.6 Å². The number of aromatic amines is 1. The summed E-state index contributed by atoms with van der Waals surface area (Å²) in [5, 5.41) is 11.2.